The van der Waals surface area contributed by atoms with E-state index in [0.717, 1.165) is 12.8 Å². The molecule has 0 N–H and O–H groups in total. The second kappa shape index (κ2) is 13.4. The number of unbranched alkanes of at least 4 members (excludes halogenated alkanes) is 5. The molecule has 1 atom stereocenters. The Bertz CT molecular complexity index is 409. The van der Waals surface area contributed by atoms with Crippen LogP contribution < -0.4 is 0 Å². The lowest BCUT2D eigenvalue weighted by atomic mass is 9.87. The molecule has 0 saturated carbocycles. The summed E-state index contributed by atoms with van der Waals surface area (Å²) in [6.07, 6.45) is 11.4. The van der Waals surface area contributed by atoms with Crippen molar-refractivity contribution in [1.29, 1.82) is 0 Å². The fourth-order valence-electron chi connectivity index (χ4n) is 3.68. The van der Waals surface area contributed by atoms with Crippen molar-refractivity contribution in [2.45, 2.75) is 91.3 Å². The van der Waals surface area contributed by atoms with Crippen LogP contribution in [0.2, 0.25) is 0 Å². The SMILES string of the molecule is CCCCCCCCC(CCc1ccccc1)C(C)(OCC)OCC. The maximum absolute atomic E-state index is 6.09. The van der Waals surface area contributed by atoms with Crippen molar-refractivity contribution in [2.75, 3.05) is 13.2 Å². The van der Waals surface area contributed by atoms with Crippen LogP contribution in [0.4, 0.5) is 0 Å². The number of ether oxygens (including phenoxy) is 2. The zero-order valence-corrected chi connectivity index (χ0v) is 17.1. The highest BCUT2D eigenvalue weighted by atomic mass is 16.7. The lowest BCUT2D eigenvalue weighted by molar-refractivity contribution is -0.254. The Morgan fingerprint density at radius 2 is 1.40 bits per heavy atom. The average Bonchev–Trinajstić information content (AvgIpc) is 2.61. The van der Waals surface area contributed by atoms with Crippen molar-refractivity contribution in [1.82, 2.24) is 0 Å². The standard InChI is InChI=1S/C23H40O2/c1-5-8-9-10-11-15-18-22(23(4,24-6-2)25-7-3)20-19-21-16-13-12-14-17-21/h12-14,16-17,22H,5-11,15,18-20H2,1-4H3. The van der Waals surface area contributed by atoms with Crippen LogP contribution in [0.25, 0.3) is 0 Å². The number of hydrogen-bond acceptors (Lipinski definition) is 2. The van der Waals surface area contributed by atoms with Crippen molar-refractivity contribution >= 4 is 0 Å². The molecule has 0 aromatic heterocycles. The van der Waals surface area contributed by atoms with Gasteiger partial charge in [-0.2, -0.15) is 0 Å². The van der Waals surface area contributed by atoms with Crippen LogP contribution in [0.3, 0.4) is 0 Å². The Labute approximate surface area is 156 Å². The Morgan fingerprint density at radius 3 is 2.00 bits per heavy atom. The Morgan fingerprint density at radius 1 is 0.800 bits per heavy atom. The van der Waals surface area contributed by atoms with Gasteiger partial charge in [0.1, 0.15) is 0 Å². The van der Waals surface area contributed by atoms with Crippen LogP contribution in [0.5, 0.6) is 0 Å². The molecule has 0 aliphatic carbocycles. The Balaban J connectivity index is 2.61. The molecule has 1 unspecified atom stereocenters. The summed E-state index contributed by atoms with van der Waals surface area (Å²) < 4.78 is 12.2. The van der Waals surface area contributed by atoms with Gasteiger partial charge in [0.05, 0.1) is 0 Å². The molecular weight excluding hydrogens is 308 g/mol. The quantitative estimate of drug-likeness (QED) is 0.257. The van der Waals surface area contributed by atoms with Crippen molar-refractivity contribution in [3.63, 3.8) is 0 Å². The predicted octanol–water partition coefficient (Wildman–Crippen LogP) is 6.78. The average molecular weight is 349 g/mol. The molecule has 0 fully saturated rings. The molecule has 0 spiro atoms. The van der Waals surface area contributed by atoms with Crippen LogP contribution in [0, 0.1) is 5.92 Å². The molecule has 0 bridgehead atoms. The molecule has 1 aromatic carbocycles. The van der Waals surface area contributed by atoms with Gasteiger partial charge in [-0.25, -0.2) is 0 Å². The van der Waals surface area contributed by atoms with Gasteiger partial charge in [0, 0.05) is 19.1 Å². The van der Waals surface area contributed by atoms with Gasteiger partial charge < -0.3 is 9.47 Å². The van der Waals surface area contributed by atoms with E-state index >= 15 is 0 Å². The molecule has 144 valence electrons. The summed E-state index contributed by atoms with van der Waals surface area (Å²) in [6.45, 7) is 9.96. The highest BCUT2D eigenvalue weighted by Gasteiger charge is 2.34. The lowest BCUT2D eigenvalue weighted by Gasteiger charge is -2.37. The number of hydrogen-bond donors (Lipinski definition) is 0. The van der Waals surface area contributed by atoms with Crippen molar-refractivity contribution in [2.24, 2.45) is 5.92 Å². The molecule has 0 saturated heterocycles. The van der Waals surface area contributed by atoms with E-state index in [-0.39, 0.29) is 0 Å². The Hall–Kier alpha value is -0.860. The van der Waals surface area contributed by atoms with Gasteiger partial charge in [-0.1, -0.05) is 75.8 Å². The van der Waals surface area contributed by atoms with E-state index in [2.05, 4.69) is 58.0 Å². The van der Waals surface area contributed by atoms with Crippen LogP contribution in [0.1, 0.15) is 84.6 Å². The largest absolute Gasteiger partial charge is 0.350 e. The van der Waals surface area contributed by atoms with E-state index in [0.29, 0.717) is 19.1 Å². The van der Waals surface area contributed by atoms with Gasteiger partial charge in [-0.05, 0) is 45.6 Å². The number of benzene rings is 1. The second-order valence-corrected chi connectivity index (χ2v) is 7.16. The van der Waals surface area contributed by atoms with E-state index in [1.807, 2.05) is 0 Å². The van der Waals surface area contributed by atoms with Crippen molar-refractivity contribution in [3.05, 3.63) is 35.9 Å². The summed E-state index contributed by atoms with van der Waals surface area (Å²) in [5.74, 6) is -0.0133. The molecule has 0 aliphatic rings. The smallest absolute Gasteiger partial charge is 0.168 e. The van der Waals surface area contributed by atoms with Crippen molar-refractivity contribution < 1.29 is 9.47 Å². The van der Waals surface area contributed by atoms with E-state index in [1.54, 1.807) is 0 Å². The minimum atomic E-state index is -0.457. The third-order valence-corrected chi connectivity index (χ3v) is 5.13. The van der Waals surface area contributed by atoms with Crippen LogP contribution in [-0.2, 0) is 15.9 Å². The minimum Gasteiger partial charge on any atom is -0.350 e. The third kappa shape index (κ3) is 8.87. The fourth-order valence-corrected chi connectivity index (χ4v) is 3.68. The summed E-state index contributed by atoms with van der Waals surface area (Å²) >= 11 is 0. The lowest BCUT2D eigenvalue weighted by Crippen LogP contribution is -2.41. The van der Waals surface area contributed by atoms with Gasteiger partial charge in [0.2, 0.25) is 0 Å². The Kier molecular flexibility index (Phi) is 11.9. The molecule has 2 heteroatoms. The summed E-state index contributed by atoms with van der Waals surface area (Å²) in [6, 6.07) is 10.8. The molecule has 25 heavy (non-hydrogen) atoms. The molecule has 0 heterocycles. The zero-order valence-electron chi connectivity index (χ0n) is 17.1. The highest BCUT2D eigenvalue weighted by Crippen LogP contribution is 2.32. The molecule has 0 radical (unpaired) electrons. The fraction of sp³-hybridized carbons (Fsp3) is 0.739. The topological polar surface area (TPSA) is 18.5 Å². The van der Waals surface area contributed by atoms with Crippen molar-refractivity contribution in [3.8, 4) is 0 Å². The molecular formula is C23H40O2. The first kappa shape index (κ1) is 22.2. The summed E-state index contributed by atoms with van der Waals surface area (Å²) in [4.78, 5) is 0. The third-order valence-electron chi connectivity index (χ3n) is 5.13. The van der Waals surface area contributed by atoms with Gasteiger partial charge >= 0.3 is 0 Å². The maximum Gasteiger partial charge on any atom is 0.168 e. The van der Waals surface area contributed by atoms with Gasteiger partial charge in [0.15, 0.2) is 5.79 Å². The van der Waals surface area contributed by atoms with E-state index in [1.165, 1.54) is 50.5 Å². The number of aryl methyl sites for hydroxylation is 1. The molecule has 2 nitrogen and oxygen atoms in total. The number of rotatable bonds is 15. The maximum atomic E-state index is 6.09. The monoisotopic (exact) mass is 348 g/mol. The molecule has 1 rings (SSSR count). The molecule has 0 amide bonds. The van der Waals surface area contributed by atoms with E-state index < -0.39 is 5.79 Å². The van der Waals surface area contributed by atoms with E-state index in [4.69, 9.17) is 9.47 Å². The summed E-state index contributed by atoms with van der Waals surface area (Å²) in [5.41, 5.74) is 1.41. The zero-order chi connectivity index (χ0) is 18.4. The summed E-state index contributed by atoms with van der Waals surface area (Å²) in [7, 11) is 0. The van der Waals surface area contributed by atoms with Gasteiger partial charge in [-0.15, -0.1) is 0 Å². The normalized spacial score (nSPS) is 13.1. The van der Waals surface area contributed by atoms with Crippen LogP contribution >= 0.6 is 0 Å². The first-order valence-corrected chi connectivity index (χ1v) is 10.5. The second-order valence-electron chi connectivity index (χ2n) is 7.16. The first-order valence-electron chi connectivity index (χ1n) is 10.5. The minimum absolute atomic E-state index is 0.443. The van der Waals surface area contributed by atoms with Gasteiger partial charge in [-0.3, -0.25) is 0 Å². The first-order chi connectivity index (χ1) is 12.2. The van der Waals surface area contributed by atoms with Gasteiger partial charge in [0.25, 0.3) is 0 Å². The molecule has 0 aliphatic heterocycles. The highest BCUT2D eigenvalue weighted by molar-refractivity contribution is 5.14. The molecule has 1 aromatic rings. The van der Waals surface area contributed by atoms with E-state index in [9.17, 15) is 0 Å². The predicted molar refractivity (Wildman–Crippen MR) is 108 cm³/mol. The van der Waals surface area contributed by atoms with Crippen LogP contribution in [0.15, 0.2) is 30.3 Å². The van der Waals surface area contributed by atoms with Crippen LogP contribution in [-0.4, -0.2) is 19.0 Å². The summed E-state index contributed by atoms with van der Waals surface area (Å²) in [5, 5.41) is 0.